The first-order chi connectivity index (χ1) is 9.38. The van der Waals surface area contributed by atoms with E-state index < -0.39 is 49.0 Å². The predicted molar refractivity (Wildman–Crippen MR) is 72.8 cm³/mol. The number of rotatable bonds is 8. The lowest BCUT2D eigenvalue weighted by Crippen LogP contribution is -2.46. The fourth-order valence-electron chi connectivity index (χ4n) is 1.05. The van der Waals surface area contributed by atoms with Crippen LogP contribution in [0.2, 0.25) is 0 Å². The summed E-state index contributed by atoms with van der Waals surface area (Å²) in [5, 5.41) is 0. The molecule has 0 aromatic heterocycles. The van der Waals surface area contributed by atoms with E-state index in [0.717, 1.165) is 0 Å². The number of halogens is 6. The minimum absolute atomic E-state index is 0.344. The van der Waals surface area contributed by atoms with Crippen molar-refractivity contribution in [2.45, 2.75) is 27.4 Å². The molecule has 21 heavy (non-hydrogen) atoms. The zero-order valence-corrected chi connectivity index (χ0v) is 13.8. The lowest BCUT2D eigenvalue weighted by Gasteiger charge is -2.29. The Morgan fingerprint density at radius 1 is 0.905 bits per heavy atom. The van der Waals surface area contributed by atoms with Crippen molar-refractivity contribution in [3.05, 3.63) is 0 Å². The molecule has 0 aromatic rings. The second-order valence-corrected chi connectivity index (χ2v) is 7.47. The van der Waals surface area contributed by atoms with E-state index >= 15 is 0 Å². The highest BCUT2D eigenvalue weighted by Gasteiger charge is 2.61. The largest absolute Gasteiger partial charge is 0.464 e. The minimum atomic E-state index is -4.21. The molecule has 0 aromatic carbocycles. The van der Waals surface area contributed by atoms with Gasteiger partial charge < -0.3 is 9.47 Å². The highest BCUT2D eigenvalue weighted by atomic mass is 35.5. The summed E-state index contributed by atoms with van der Waals surface area (Å²) in [6.07, 6.45) is 0. The van der Waals surface area contributed by atoms with Crippen LogP contribution in [0.15, 0.2) is 0 Å². The molecule has 0 unspecified atom stereocenters. The van der Waals surface area contributed by atoms with Crippen LogP contribution in [0.1, 0.15) is 13.8 Å². The molecule has 0 atom stereocenters. The number of hydrogen-bond acceptors (Lipinski definition) is 6. The number of thioether (sulfide) groups is 2. The van der Waals surface area contributed by atoms with Crippen molar-refractivity contribution in [2.75, 3.05) is 13.2 Å². The second-order valence-electron chi connectivity index (χ2n) is 3.15. The molecule has 0 amide bonds. The second kappa shape index (κ2) is 7.98. The van der Waals surface area contributed by atoms with Gasteiger partial charge in [-0.3, -0.25) is 0 Å². The maximum absolute atomic E-state index is 13.0. The third-order valence-electron chi connectivity index (χ3n) is 1.61. The third kappa shape index (κ3) is 7.16. The van der Waals surface area contributed by atoms with Crippen molar-refractivity contribution in [2.24, 2.45) is 0 Å². The van der Waals surface area contributed by atoms with Crippen molar-refractivity contribution >= 4 is 58.7 Å². The van der Waals surface area contributed by atoms with Gasteiger partial charge in [-0.25, -0.2) is 9.59 Å². The Kier molecular flexibility index (Phi) is 7.96. The molecular weight excluding hydrogens is 383 g/mol. The molecule has 124 valence electrons. The van der Waals surface area contributed by atoms with Crippen LogP contribution in [0.25, 0.3) is 0 Å². The maximum Gasteiger partial charge on any atom is 0.373 e. The fraction of sp³-hybridized carbons (Fsp3) is 0.778. The van der Waals surface area contributed by atoms with E-state index in [4.69, 9.17) is 0 Å². The highest BCUT2D eigenvalue weighted by molar-refractivity contribution is 8.22. The van der Waals surface area contributed by atoms with E-state index in [2.05, 4.69) is 32.7 Å². The number of hydrogen-bond donors (Lipinski definition) is 0. The van der Waals surface area contributed by atoms with Gasteiger partial charge >= 0.3 is 21.4 Å². The first-order valence-electron chi connectivity index (χ1n) is 5.26. The zero-order valence-electron chi connectivity index (χ0n) is 10.6. The van der Waals surface area contributed by atoms with Gasteiger partial charge in [-0.2, -0.15) is 17.6 Å². The average molecular weight is 393 g/mol. The van der Waals surface area contributed by atoms with Crippen LogP contribution in [0.3, 0.4) is 0 Å². The molecule has 12 heteroatoms. The van der Waals surface area contributed by atoms with Crippen LogP contribution in [-0.2, 0) is 19.1 Å². The van der Waals surface area contributed by atoms with Gasteiger partial charge in [0.05, 0.1) is 13.2 Å². The molecule has 0 radical (unpaired) electrons. The van der Waals surface area contributed by atoms with Gasteiger partial charge in [-0.05, 0) is 60.6 Å². The number of alkyl halides is 6. The molecule has 0 bridgehead atoms. The number of esters is 2. The highest BCUT2D eigenvalue weighted by Crippen LogP contribution is 2.55. The Labute approximate surface area is 136 Å². The molecule has 0 saturated carbocycles. The van der Waals surface area contributed by atoms with Crippen LogP contribution in [0.4, 0.5) is 17.6 Å². The average Bonchev–Trinajstić information content (AvgIpc) is 2.24. The van der Waals surface area contributed by atoms with Gasteiger partial charge in [0, 0.05) is 0 Å². The van der Waals surface area contributed by atoms with Gasteiger partial charge in [0.2, 0.25) is 0 Å². The van der Waals surface area contributed by atoms with Crippen LogP contribution < -0.4 is 0 Å². The molecule has 0 saturated heterocycles. The third-order valence-corrected chi connectivity index (χ3v) is 4.27. The normalized spacial score (nSPS) is 13.0. The lowest BCUT2D eigenvalue weighted by atomic mass is 10.4. The van der Waals surface area contributed by atoms with Crippen LogP contribution in [-0.4, -0.2) is 38.7 Å². The molecule has 0 heterocycles. The molecule has 0 spiro atoms. The summed E-state index contributed by atoms with van der Waals surface area (Å²) >= 11 is 7.60. The Hall–Kier alpha value is -0.0600. The molecular formula is C9H10Cl2F4O4S2. The maximum atomic E-state index is 13.0. The molecule has 0 aliphatic carbocycles. The molecule has 0 rings (SSSR count). The summed E-state index contributed by atoms with van der Waals surface area (Å²) in [7, 11) is 0. The minimum Gasteiger partial charge on any atom is -0.464 e. The first-order valence-corrected chi connectivity index (χ1v) is 7.65. The molecule has 0 N–H and O–H groups in total. The summed E-state index contributed by atoms with van der Waals surface area (Å²) in [5.41, 5.74) is 0. The van der Waals surface area contributed by atoms with Crippen molar-refractivity contribution in [1.29, 1.82) is 0 Å². The number of ether oxygens (including phenoxy) is 2. The van der Waals surface area contributed by atoms with E-state index in [9.17, 15) is 27.2 Å². The fourth-order valence-corrected chi connectivity index (χ4v) is 4.03. The smallest absolute Gasteiger partial charge is 0.373 e. The van der Waals surface area contributed by atoms with E-state index in [-0.39, 0.29) is 13.2 Å². The van der Waals surface area contributed by atoms with Crippen molar-refractivity contribution < 1.29 is 36.6 Å². The molecule has 0 fully saturated rings. The molecule has 0 aliphatic rings. The zero-order chi connectivity index (χ0) is 16.9. The van der Waals surface area contributed by atoms with Crippen LogP contribution >= 0.6 is 46.7 Å². The van der Waals surface area contributed by atoms with E-state index in [1.807, 2.05) is 0 Å². The summed E-state index contributed by atoms with van der Waals surface area (Å²) in [5.74, 6) is -3.34. The first kappa shape index (κ1) is 20.9. The Morgan fingerprint density at radius 2 is 1.19 bits per heavy atom. The molecule has 4 nitrogen and oxygen atoms in total. The van der Waals surface area contributed by atoms with Crippen LogP contribution in [0, 0.1) is 0 Å². The Balaban J connectivity index is 5.81. The monoisotopic (exact) mass is 392 g/mol. The number of carbonyl (C=O) groups excluding carboxylic acids is 2. The Bertz CT molecular complexity index is 351. The summed E-state index contributed by atoms with van der Waals surface area (Å²) < 4.78 is 49.2. The number of carbonyl (C=O) groups is 2. The standard InChI is InChI=1S/C9H10Cl2F4O4S2/c1-3-18-5(16)7(6(17)19-4-2,20-8(10,12)13)21-9(11,14)15/h3-4H2,1-2H3. The van der Waals surface area contributed by atoms with E-state index in [0.29, 0.717) is 0 Å². The summed E-state index contributed by atoms with van der Waals surface area (Å²) in [4.78, 5) is 23.6. The molecule has 0 aliphatic heterocycles. The van der Waals surface area contributed by atoms with E-state index in [1.165, 1.54) is 13.8 Å². The quantitative estimate of drug-likeness (QED) is 0.205. The van der Waals surface area contributed by atoms with Gasteiger partial charge in [0.15, 0.2) is 0 Å². The SMILES string of the molecule is CCOC(=O)C(SC(F)(F)Cl)(SC(F)(F)Cl)C(=O)OCC. The van der Waals surface area contributed by atoms with Crippen molar-refractivity contribution in [3.63, 3.8) is 0 Å². The van der Waals surface area contributed by atoms with Crippen molar-refractivity contribution in [1.82, 2.24) is 0 Å². The van der Waals surface area contributed by atoms with Crippen LogP contribution in [0.5, 0.6) is 0 Å². The van der Waals surface area contributed by atoms with Crippen molar-refractivity contribution in [3.8, 4) is 0 Å². The van der Waals surface area contributed by atoms with Gasteiger partial charge in [0.25, 0.3) is 4.08 Å². The summed E-state index contributed by atoms with van der Waals surface area (Å²) in [6.45, 7) is 1.90. The van der Waals surface area contributed by atoms with Gasteiger partial charge in [-0.15, -0.1) is 0 Å². The lowest BCUT2D eigenvalue weighted by molar-refractivity contribution is -0.154. The predicted octanol–water partition coefficient (Wildman–Crippen LogP) is 3.85. The van der Waals surface area contributed by atoms with E-state index in [1.54, 1.807) is 0 Å². The topological polar surface area (TPSA) is 52.6 Å². The van der Waals surface area contributed by atoms with Gasteiger partial charge in [0.1, 0.15) is 0 Å². The summed E-state index contributed by atoms with van der Waals surface area (Å²) in [6, 6.07) is 0. The van der Waals surface area contributed by atoms with Gasteiger partial charge in [-0.1, -0.05) is 0 Å². The Morgan fingerprint density at radius 3 is 1.38 bits per heavy atom.